The fourth-order valence-corrected chi connectivity index (χ4v) is 5.34. The van der Waals surface area contributed by atoms with E-state index < -0.39 is 23.6 Å². The van der Waals surface area contributed by atoms with Crippen molar-refractivity contribution in [3.63, 3.8) is 0 Å². The third-order valence-electron chi connectivity index (χ3n) is 6.28. The van der Waals surface area contributed by atoms with Crippen LogP contribution in [0.3, 0.4) is 0 Å². The summed E-state index contributed by atoms with van der Waals surface area (Å²) in [5, 5.41) is 17.2. The Labute approximate surface area is 225 Å². The molecule has 1 aliphatic rings. The number of nitrogens with zero attached hydrogens (tertiary/aromatic N) is 3. The number of carbonyl (C=O) groups excluding carboxylic acids is 2. The lowest BCUT2D eigenvalue weighted by Crippen LogP contribution is -2.56. The molecule has 37 heavy (non-hydrogen) atoms. The van der Waals surface area contributed by atoms with E-state index in [1.165, 1.54) is 11.3 Å². The first kappa shape index (κ1) is 28.5. The normalized spacial score (nSPS) is 15.8. The molecule has 200 valence electrons. The van der Waals surface area contributed by atoms with Crippen molar-refractivity contribution in [1.82, 2.24) is 14.8 Å². The third kappa shape index (κ3) is 7.93. The van der Waals surface area contributed by atoms with Crippen molar-refractivity contribution in [2.45, 2.75) is 52.6 Å². The number of amides is 4. The lowest BCUT2D eigenvalue weighted by molar-refractivity contribution is -0.137. The Hall–Kier alpha value is -3.11. The molecule has 0 bridgehead atoms. The Kier molecular flexibility index (Phi) is 9.56. The minimum Gasteiger partial charge on any atom is -0.463 e. The van der Waals surface area contributed by atoms with E-state index in [4.69, 9.17) is 16.7 Å². The van der Waals surface area contributed by atoms with Gasteiger partial charge in [0.15, 0.2) is 4.80 Å². The van der Waals surface area contributed by atoms with Crippen LogP contribution in [0, 0.1) is 11.3 Å². The van der Waals surface area contributed by atoms with Gasteiger partial charge in [0.2, 0.25) is 5.91 Å². The van der Waals surface area contributed by atoms with E-state index in [1.54, 1.807) is 35.2 Å². The molecule has 0 radical (unpaired) electrons. The number of rotatable bonds is 7. The summed E-state index contributed by atoms with van der Waals surface area (Å²) in [5.41, 5.74) is 1.06. The van der Waals surface area contributed by atoms with Crippen LogP contribution in [-0.2, 0) is 17.8 Å². The van der Waals surface area contributed by atoms with Crippen LogP contribution >= 0.6 is 22.9 Å². The molecule has 0 aliphatic carbocycles. The number of allylic oxidation sites excluding steroid dienone is 1. The zero-order valence-corrected chi connectivity index (χ0v) is 22.9. The smallest absolute Gasteiger partial charge is 0.433 e. The third-order valence-corrected chi connectivity index (χ3v) is 7.44. The molecule has 3 rings (SSSR count). The van der Waals surface area contributed by atoms with Crippen molar-refractivity contribution in [1.29, 1.82) is 0 Å². The molecule has 1 aliphatic heterocycles. The molecule has 2 aromatic rings. The number of anilines is 1. The highest BCUT2D eigenvalue weighted by atomic mass is 35.5. The maximum atomic E-state index is 13.5. The molecule has 1 atom stereocenters. The van der Waals surface area contributed by atoms with Gasteiger partial charge in [-0.15, -0.1) is 22.9 Å². The maximum Gasteiger partial charge on any atom is 0.433 e. The Bertz CT molecular complexity index is 1190. The summed E-state index contributed by atoms with van der Waals surface area (Å²) in [6, 6.07) is 5.60. The lowest BCUT2D eigenvalue weighted by atomic mass is 9.85. The number of hydrogen-bond acceptors (Lipinski definition) is 4. The average Bonchev–Trinajstić information content (AvgIpc) is 3.18. The number of carboxylic acid groups (broad SMARTS) is 1. The predicted octanol–water partition coefficient (Wildman–Crippen LogP) is 4.99. The zero-order valence-electron chi connectivity index (χ0n) is 21.4. The van der Waals surface area contributed by atoms with E-state index in [1.807, 2.05) is 30.7 Å². The van der Waals surface area contributed by atoms with Crippen molar-refractivity contribution in [2.24, 2.45) is 16.3 Å². The highest BCUT2D eigenvalue weighted by Gasteiger charge is 2.37. The number of piperidine rings is 1. The van der Waals surface area contributed by atoms with E-state index in [9.17, 15) is 14.4 Å². The van der Waals surface area contributed by atoms with Crippen LogP contribution in [0.25, 0.3) is 0 Å². The minimum absolute atomic E-state index is 0.116. The van der Waals surface area contributed by atoms with Crippen molar-refractivity contribution in [3.05, 3.63) is 57.8 Å². The summed E-state index contributed by atoms with van der Waals surface area (Å²) in [6.07, 6.45) is 2.72. The average molecular weight is 548 g/mol. The number of hydrogen-bond donors (Lipinski definition) is 3. The van der Waals surface area contributed by atoms with Gasteiger partial charge in [-0.2, -0.15) is 0 Å². The molecule has 0 saturated carbocycles. The first-order chi connectivity index (χ1) is 17.5. The van der Waals surface area contributed by atoms with Crippen molar-refractivity contribution in [2.75, 3.05) is 18.4 Å². The molecule has 2 heterocycles. The second-order valence-corrected chi connectivity index (χ2v) is 11.5. The SMILES string of the molecule is C=CCc1csc(=NC(=O)O)n1CC1CCN(C(=O)C(NC(=O)Nc2ccc(Cl)cc2)C(C)(C)C)CC1. The number of halogens is 1. The van der Waals surface area contributed by atoms with E-state index >= 15 is 0 Å². The van der Waals surface area contributed by atoms with Gasteiger partial charge in [0.25, 0.3) is 0 Å². The molecule has 4 amide bonds. The van der Waals surface area contributed by atoms with Gasteiger partial charge < -0.3 is 25.2 Å². The Morgan fingerprint density at radius 1 is 1.24 bits per heavy atom. The molecule has 1 fully saturated rings. The second kappa shape index (κ2) is 12.4. The summed E-state index contributed by atoms with van der Waals surface area (Å²) in [4.78, 5) is 43.3. The summed E-state index contributed by atoms with van der Waals surface area (Å²) in [6.45, 7) is 11.3. The zero-order chi connectivity index (χ0) is 27.2. The molecule has 11 heteroatoms. The van der Waals surface area contributed by atoms with Gasteiger partial charge in [-0.3, -0.25) is 4.79 Å². The van der Waals surface area contributed by atoms with Crippen molar-refractivity contribution >= 4 is 46.7 Å². The van der Waals surface area contributed by atoms with Gasteiger partial charge in [0, 0.05) is 47.8 Å². The molecular weight excluding hydrogens is 514 g/mol. The number of urea groups is 1. The Morgan fingerprint density at radius 2 is 1.89 bits per heavy atom. The largest absolute Gasteiger partial charge is 0.463 e. The van der Waals surface area contributed by atoms with Gasteiger partial charge in [-0.1, -0.05) is 38.4 Å². The van der Waals surface area contributed by atoms with E-state index in [0.29, 0.717) is 41.6 Å². The standard InChI is InChI=1S/C26H34ClN5O4S/c1-5-6-20-16-37-24(30-25(35)36)32(20)15-17-11-13-31(14-12-17)22(33)21(26(2,3)4)29-23(34)28-19-9-7-18(27)8-10-19/h5,7-10,16-17,21H,1,6,11-15H2,2-4H3,(H,35,36)(H2,28,29,34). The highest BCUT2D eigenvalue weighted by Crippen LogP contribution is 2.26. The van der Waals surface area contributed by atoms with Crippen LogP contribution in [0.1, 0.15) is 39.3 Å². The lowest BCUT2D eigenvalue weighted by Gasteiger charge is -2.38. The quantitative estimate of drug-likeness (QED) is 0.424. The van der Waals surface area contributed by atoms with E-state index in [0.717, 1.165) is 18.5 Å². The fraction of sp³-hybridized carbons (Fsp3) is 0.462. The van der Waals surface area contributed by atoms with E-state index in [2.05, 4.69) is 22.2 Å². The van der Waals surface area contributed by atoms with Crippen LogP contribution < -0.4 is 15.4 Å². The van der Waals surface area contributed by atoms with Crippen molar-refractivity contribution in [3.8, 4) is 0 Å². The molecular formula is C26H34ClN5O4S. The Morgan fingerprint density at radius 3 is 2.46 bits per heavy atom. The number of carbonyl (C=O) groups is 3. The van der Waals surface area contributed by atoms with Gasteiger partial charge in [0.1, 0.15) is 6.04 Å². The van der Waals surface area contributed by atoms with Crippen LogP contribution in [-0.4, -0.2) is 51.7 Å². The number of aromatic nitrogens is 1. The van der Waals surface area contributed by atoms with Gasteiger partial charge in [0.05, 0.1) is 0 Å². The molecule has 9 nitrogen and oxygen atoms in total. The number of benzene rings is 1. The summed E-state index contributed by atoms with van der Waals surface area (Å²) >= 11 is 7.21. The number of nitrogens with one attached hydrogen (secondary N) is 2. The van der Waals surface area contributed by atoms with Crippen molar-refractivity contribution < 1.29 is 19.5 Å². The van der Waals surface area contributed by atoms with Crippen LogP contribution in [0.5, 0.6) is 0 Å². The summed E-state index contributed by atoms with van der Waals surface area (Å²) < 4.78 is 1.95. The molecule has 1 aromatic heterocycles. The second-order valence-electron chi connectivity index (χ2n) is 10.2. The van der Waals surface area contributed by atoms with Gasteiger partial charge in [-0.25, -0.2) is 9.59 Å². The topological polar surface area (TPSA) is 116 Å². The summed E-state index contributed by atoms with van der Waals surface area (Å²) in [5.74, 6) is 0.151. The Balaban J connectivity index is 1.64. The predicted molar refractivity (Wildman–Crippen MR) is 146 cm³/mol. The van der Waals surface area contributed by atoms with Crippen LogP contribution in [0.4, 0.5) is 15.3 Å². The first-order valence-electron chi connectivity index (χ1n) is 12.2. The first-order valence-corrected chi connectivity index (χ1v) is 13.4. The molecule has 3 N–H and O–H groups in total. The fourth-order valence-electron chi connectivity index (χ4n) is 4.30. The molecule has 1 saturated heterocycles. The molecule has 1 unspecified atom stereocenters. The van der Waals surface area contributed by atoms with Crippen LogP contribution in [0.2, 0.25) is 5.02 Å². The highest BCUT2D eigenvalue weighted by molar-refractivity contribution is 7.07. The monoisotopic (exact) mass is 547 g/mol. The van der Waals surface area contributed by atoms with Gasteiger partial charge in [-0.05, 0) is 48.4 Å². The van der Waals surface area contributed by atoms with E-state index in [-0.39, 0.29) is 11.8 Å². The van der Waals surface area contributed by atoms with Gasteiger partial charge >= 0.3 is 12.1 Å². The van der Waals surface area contributed by atoms with Crippen LogP contribution in [0.15, 0.2) is 47.3 Å². The summed E-state index contributed by atoms with van der Waals surface area (Å²) in [7, 11) is 0. The molecule has 1 aromatic carbocycles. The number of likely N-dealkylation sites (tertiary alicyclic amines) is 1. The molecule has 0 spiro atoms. The minimum atomic E-state index is -1.22. The number of thiazole rings is 1. The maximum absolute atomic E-state index is 13.5.